The van der Waals surface area contributed by atoms with Gasteiger partial charge in [0, 0.05) is 18.8 Å². The number of hydrogen-bond acceptors (Lipinski definition) is 4. The number of methoxy groups -OCH3 is 1. The van der Waals surface area contributed by atoms with Crippen molar-refractivity contribution < 1.29 is 17.9 Å². The molecule has 6 nitrogen and oxygen atoms in total. The highest BCUT2D eigenvalue weighted by Gasteiger charge is 2.32. The van der Waals surface area contributed by atoms with Gasteiger partial charge in [0.05, 0.1) is 18.6 Å². The molecule has 0 aliphatic carbocycles. The molecule has 3 rings (SSSR count). The standard InChI is InChI=1S/C19H22N2O4S/c1-21(17-9-10-26(23,24)13-17)19(22)20-16-7-3-5-14(11-16)15-6-4-8-18(12-15)25-2/h3-8,11-12,17H,9-10,13H2,1-2H3,(H,20,22)/t17-/m0/s1. The van der Waals surface area contributed by atoms with E-state index in [9.17, 15) is 13.2 Å². The van der Waals surface area contributed by atoms with Gasteiger partial charge >= 0.3 is 6.03 Å². The Morgan fingerprint density at radius 1 is 1.15 bits per heavy atom. The molecule has 1 saturated heterocycles. The van der Waals surface area contributed by atoms with Crippen LogP contribution in [0.25, 0.3) is 11.1 Å². The van der Waals surface area contributed by atoms with E-state index in [1.165, 1.54) is 4.90 Å². The van der Waals surface area contributed by atoms with Crippen LogP contribution in [-0.2, 0) is 9.84 Å². The smallest absolute Gasteiger partial charge is 0.321 e. The van der Waals surface area contributed by atoms with Gasteiger partial charge in [-0.05, 0) is 41.8 Å². The summed E-state index contributed by atoms with van der Waals surface area (Å²) in [6.45, 7) is 0. The molecule has 0 bridgehead atoms. The maximum absolute atomic E-state index is 12.5. The zero-order valence-electron chi connectivity index (χ0n) is 14.8. The molecule has 1 atom stereocenters. The number of anilines is 1. The second-order valence-corrected chi connectivity index (χ2v) is 8.64. The molecule has 2 aromatic rings. The van der Waals surface area contributed by atoms with Gasteiger partial charge in [0.25, 0.3) is 0 Å². The van der Waals surface area contributed by atoms with E-state index in [4.69, 9.17) is 4.74 Å². The summed E-state index contributed by atoms with van der Waals surface area (Å²) in [6, 6.07) is 14.6. The molecular formula is C19H22N2O4S. The fraction of sp³-hybridized carbons (Fsp3) is 0.316. The van der Waals surface area contributed by atoms with Crippen molar-refractivity contribution in [3.63, 3.8) is 0 Å². The summed E-state index contributed by atoms with van der Waals surface area (Å²) < 4.78 is 28.5. The fourth-order valence-electron chi connectivity index (χ4n) is 3.04. The minimum Gasteiger partial charge on any atom is -0.497 e. The van der Waals surface area contributed by atoms with Gasteiger partial charge < -0.3 is 15.0 Å². The Labute approximate surface area is 153 Å². The van der Waals surface area contributed by atoms with Crippen LogP contribution in [-0.4, -0.2) is 51.1 Å². The first-order valence-corrected chi connectivity index (χ1v) is 10.2. The number of nitrogens with one attached hydrogen (secondary N) is 1. The lowest BCUT2D eigenvalue weighted by Crippen LogP contribution is -2.40. The molecule has 2 aromatic carbocycles. The number of ether oxygens (including phenoxy) is 1. The average molecular weight is 374 g/mol. The second-order valence-electron chi connectivity index (χ2n) is 6.41. The zero-order valence-corrected chi connectivity index (χ0v) is 15.6. The average Bonchev–Trinajstić information content (AvgIpc) is 3.01. The van der Waals surface area contributed by atoms with Crippen LogP contribution in [0.5, 0.6) is 5.75 Å². The predicted molar refractivity (Wildman–Crippen MR) is 102 cm³/mol. The van der Waals surface area contributed by atoms with E-state index in [0.717, 1.165) is 16.9 Å². The van der Waals surface area contributed by atoms with E-state index >= 15 is 0 Å². The molecule has 0 spiro atoms. The molecule has 0 unspecified atom stereocenters. The number of hydrogen-bond donors (Lipinski definition) is 1. The molecule has 26 heavy (non-hydrogen) atoms. The first kappa shape index (κ1) is 18.3. The summed E-state index contributed by atoms with van der Waals surface area (Å²) in [4.78, 5) is 13.9. The molecule has 1 heterocycles. The molecule has 1 aliphatic rings. The molecular weight excluding hydrogens is 352 g/mol. The van der Waals surface area contributed by atoms with Crippen molar-refractivity contribution in [2.75, 3.05) is 31.0 Å². The minimum atomic E-state index is -3.03. The summed E-state index contributed by atoms with van der Waals surface area (Å²) in [5.41, 5.74) is 2.59. The van der Waals surface area contributed by atoms with Crippen molar-refractivity contribution in [1.29, 1.82) is 0 Å². The Morgan fingerprint density at radius 3 is 2.50 bits per heavy atom. The van der Waals surface area contributed by atoms with Gasteiger partial charge in [-0.1, -0.05) is 24.3 Å². The van der Waals surface area contributed by atoms with Crippen molar-refractivity contribution in [2.24, 2.45) is 0 Å². The summed E-state index contributed by atoms with van der Waals surface area (Å²) in [5, 5.41) is 2.85. The molecule has 7 heteroatoms. The number of sulfone groups is 1. The zero-order chi connectivity index (χ0) is 18.7. The van der Waals surface area contributed by atoms with E-state index < -0.39 is 9.84 Å². The van der Waals surface area contributed by atoms with Crippen LogP contribution in [0, 0.1) is 0 Å². The quantitative estimate of drug-likeness (QED) is 0.893. The van der Waals surface area contributed by atoms with Crippen molar-refractivity contribution in [3.8, 4) is 16.9 Å². The van der Waals surface area contributed by atoms with Crippen molar-refractivity contribution >= 4 is 21.6 Å². The fourth-order valence-corrected chi connectivity index (χ4v) is 4.81. The first-order valence-electron chi connectivity index (χ1n) is 8.37. The van der Waals surface area contributed by atoms with Crippen LogP contribution >= 0.6 is 0 Å². The van der Waals surface area contributed by atoms with Gasteiger partial charge in [0.15, 0.2) is 9.84 Å². The number of carbonyl (C=O) groups is 1. The Morgan fingerprint density at radius 2 is 1.85 bits per heavy atom. The highest BCUT2D eigenvalue weighted by Crippen LogP contribution is 2.26. The Balaban J connectivity index is 1.73. The third-order valence-corrected chi connectivity index (χ3v) is 6.34. The van der Waals surface area contributed by atoms with Crippen LogP contribution in [0.3, 0.4) is 0 Å². The van der Waals surface area contributed by atoms with Crippen LogP contribution in [0.4, 0.5) is 10.5 Å². The highest BCUT2D eigenvalue weighted by atomic mass is 32.2. The van der Waals surface area contributed by atoms with Gasteiger partial charge in [-0.3, -0.25) is 0 Å². The summed E-state index contributed by atoms with van der Waals surface area (Å²) in [6.07, 6.45) is 0.482. The van der Waals surface area contributed by atoms with E-state index in [1.54, 1.807) is 20.2 Å². The van der Waals surface area contributed by atoms with Crippen molar-refractivity contribution in [3.05, 3.63) is 48.5 Å². The highest BCUT2D eigenvalue weighted by molar-refractivity contribution is 7.91. The summed E-state index contributed by atoms with van der Waals surface area (Å²) in [5.74, 6) is 0.931. The van der Waals surface area contributed by atoms with E-state index in [0.29, 0.717) is 12.1 Å². The molecule has 1 fully saturated rings. The first-order chi connectivity index (χ1) is 12.4. The minimum absolute atomic E-state index is 0.0285. The van der Waals surface area contributed by atoms with Gasteiger partial charge in [-0.2, -0.15) is 0 Å². The molecule has 0 saturated carbocycles. The number of rotatable bonds is 4. The van der Waals surface area contributed by atoms with Crippen LogP contribution in [0.15, 0.2) is 48.5 Å². The lowest BCUT2D eigenvalue weighted by atomic mass is 10.0. The summed E-state index contributed by atoms with van der Waals surface area (Å²) >= 11 is 0. The summed E-state index contributed by atoms with van der Waals surface area (Å²) in [7, 11) is 0.222. The van der Waals surface area contributed by atoms with E-state index in [1.807, 2.05) is 42.5 Å². The van der Waals surface area contributed by atoms with Gasteiger partial charge in [0.1, 0.15) is 5.75 Å². The predicted octanol–water partition coefficient (Wildman–Crippen LogP) is 3.01. The number of nitrogens with zero attached hydrogens (tertiary/aromatic N) is 1. The van der Waals surface area contributed by atoms with Crippen molar-refractivity contribution in [1.82, 2.24) is 4.90 Å². The Hall–Kier alpha value is -2.54. The van der Waals surface area contributed by atoms with E-state index in [-0.39, 0.29) is 23.6 Å². The number of urea groups is 1. The van der Waals surface area contributed by atoms with Gasteiger partial charge in [-0.25, -0.2) is 13.2 Å². The topological polar surface area (TPSA) is 75.7 Å². The molecule has 0 aromatic heterocycles. The van der Waals surface area contributed by atoms with Gasteiger partial charge in [-0.15, -0.1) is 0 Å². The van der Waals surface area contributed by atoms with E-state index in [2.05, 4.69) is 5.32 Å². The lowest BCUT2D eigenvalue weighted by Gasteiger charge is -2.23. The van der Waals surface area contributed by atoms with Crippen LogP contribution in [0.1, 0.15) is 6.42 Å². The van der Waals surface area contributed by atoms with Crippen molar-refractivity contribution in [2.45, 2.75) is 12.5 Å². The molecule has 1 N–H and O–H groups in total. The molecule has 0 radical (unpaired) electrons. The number of benzene rings is 2. The molecule has 2 amide bonds. The number of amides is 2. The normalized spacial score (nSPS) is 18.3. The van der Waals surface area contributed by atoms with Gasteiger partial charge in [0.2, 0.25) is 0 Å². The molecule has 1 aliphatic heterocycles. The van der Waals surface area contributed by atoms with Crippen LogP contribution in [0.2, 0.25) is 0 Å². The molecule has 138 valence electrons. The Kier molecular flexibility index (Phi) is 5.18. The van der Waals surface area contributed by atoms with Crippen LogP contribution < -0.4 is 10.1 Å². The largest absolute Gasteiger partial charge is 0.497 e. The second kappa shape index (κ2) is 7.37. The number of carbonyl (C=O) groups excluding carboxylic acids is 1. The maximum Gasteiger partial charge on any atom is 0.321 e. The maximum atomic E-state index is 12.5. The Bertz CT molecular complexity index is 911. The SMILES string of the molecule is COc1cccc(-c2cccc(NC(=O)N(C)[C@H]3CCS(=O)(=O)C3)c2)c1. The monoisotopic (exact) mass is 374 g/mol. The lowest BCUT2D eigenvalue weighted by molar-refractivity contribution is 0.209. The third-order valence-electron chi connectivity index (χ3n) is 4.59. The third kappa shape index (κ3) is 4.16.